The molecule has 7 nitrogen and oxygen atoms in total. The Morgan fingerprint density at radius 2 is 2.22 bits per heavy atom. The van der Waals surface area contributed by atoms with Crippen molar-refractivity contribution in [2.24, 2.45) is 7.05 Å². The van der Waals surface area contributed by atoms with E-state index in [9.17, 15) is 4.79 Å². The van der Waals surface area contributed by atoms with E-state index in [0.717, 1.165) is 17.8 Å². The normalized spacial score (nSPS) is 10.8. The first-order valence-electron chi connectivity index (χ1n) is 5.68. The minimum atomic E-state index is -1.06. The first-order valence-corrected chi connectivity index (χ1v) is 5.68. The van der Waals surface area contributed by atoms with Crippen LogP contribution < -0.4 is 0 Å². The molecule has 0 unspecified atom stereocenters. The monoisotopic (exact) mass is 249 g/mol. The molecule has 96 valence electrons. The summed E-state index contributed by atoms with van der Waals surface area (Å²) in [5.41, 5.74) is 2.51. The van der Waals surface area contributed by atoms with Crippen molar-refractivity contribution in [3.8, 4) is 0 Å². The molecule has 0 bridgehead atoms. The predicted octanol–water partition coefficient (Wildman–Crippen LogP) is 0.629. The summed E-state index contributed by atoms with van der Waals surface area (Å²) in [7, 11) is 1.86. The summed E-state index contributed by atoms with van der Waals surface area (Å²) in [5, 5.41) is 20.7. The van der Waals surface area contributed by atoms with Gasteiger partial charge in [0.2, 0.25) is 0 Å². The Kier molecular flexibility index (Phi) is 3.14. The molecule has 0 saturated carbocycles. The second-order valence-corrected chi connectivity index (χ2v) is 4.09. The van der Waals surface area contributed by atoms with E-state index in [4.69, 9.17) is 5.11 Å². The largest absolute Gasteiger partial charge is 0.476 e. The lowest BCUT2D eigenvalue weighted by atomic mass is 10.3. The van der Waals surface area contributed by atoms with E-state index in [1.165, 1.54) is 0 Å². The SMILES string of the molecule is CCc1cc(Cn2nnc(C(=O)O)c2C)n(C)n1. The van der Waals surface area contributed by atoms with Crippen LogP contribution in [0.25, 0.3) is 0 Å². The molecule has 0 saturated heterocycles. The third kappa shape index (κ3) is 2.11. The fourth-order valence-corrected chi connectivity index (χ4v) is 1.75. The summed E-state index contributed by atoms with van der Waals surface area (Å²) in [6.07, 6.45) is 0.866. The van der Waals surface area contributed by atoms with Gasteiger partial charge in [-0.2, -0.15) is 5.10 Å². The molecule has 0 aromatic carbocycles. The molecular formula is C11H15N5O2. The molecule has 0 fully saturated rings. The number of aryl methyl sites for hydroxylation is 2. The van der Waals surface area contributed by atoms with Gasteiger partial charge in [0.25, 0.3) is 0 Å². The summed E-state index contributed by atoms with van der Waals surface area (Å²) >= 11 is 0. The lowest BCUT2D eigenvalue weighted by Crippen LogP contribution is -2.09. The summed E-state index contributed by atoms with van der Waals surface area (Å²) < 4.78 is 3.35. The second kappa shape index (κ2) is 4.59. The van der Waals surface area contributed by atoms with Crippen molar-refractivity contribution >= 4 is 5.97 Å². The van der Waals surface area contributed by atoms with Gasteiger partial charge in [-0.3, -0.25) is 4.68 Å². The summed E-state index contributed by atoms with van der Waals surface area (Å²) in [5.74, 6) is -1.06. The van der Waals surface area contributed by atoms with Gasteiger partial charge in [-0.25, -0.2) is 9.48 Å². The van der Waals surface area contributed by atoms with E-state index in [1.54, 1.807) is 16.3 Å². The van der Waals surface area contributed by atoms with Gasteiger partial charge < -0.3 is 5.11 Å². The van der Waals surface area contributed by atoms with E-state index in [1.807, 2.05) is 20.0 Å². The fourth-order valence-electron chi connectivity index (χ4n) is 1.75. The minimum absolute atomic E-state index is 0.00659. The van der Waals surface area contributed by atoms with E-state index < -0.39 is 5.97 Å². The highest BCUT2D eigenvalue weighted by Gasteiger charge is 2.16. The molecular weight excluding hydrogens is 234 g/mol. The van der Waals surface area contributed by atoms with Crippen LogP contribution >= 0.6 is 0 Å². The molecule has 2 aromatic heterocycles. The molecule has 0 spiro atoms. The van der Waals surface area contributed by atoms with Crippen LogP contribution in [0.3, 0.4) is 0 Å². The van der Waals surface area contributed by atoms with Crippen LogP contribution in [0.15, 0.2) is 6.07 Å². The fraction of sp³-hybridized carbons (Fsp3) is 0.455. The number of hydrogen-bond donors (Lipinski definition) is 1. The van der Waals surface area contributed by atoms with Gasteiger partial charge >= 0.3 is 5.97 Å². The number of aromatic nitrogens is 5. The number of rotatable bonds is 4. The Morgan fingerprint density at radius 3 is 2.72 bits per heavy atom. The average Bonchev–Trinajstić information content (AvgIpc) is 2.85. The van der Waals surface area contributed by atoms with Crippen LogP contribution in [-0.4, -0.2) is 35.9 Å². The Balaban J connectivity index is 2.28. The van der Waals surface area contributed by atoms with Crippen LogP contribution in [0.2, 0.25) is 0 Å². The van der Waals surface area contributed by atoms with Gasteiger partial charge in [-0.15, -0.1) is 5.10 Å². The van der Waals surface area contributed by atoms with Crippen LogP contribution in [0.1, 0.15) is 34.5 Å². The molecule has 7 heteroatoms. The van der Waals surface area contributed by atoms with E-state index in [2.05, 4.69) is 15.4 Å². The smallest absolute Gasteiger partial charge is 0.358 e. The van der Waals surface area contributed by atoms with Crippen molar-refractivity contribution in [3.05, 3.63) is 28.8 Å². The van der Waals surface area contributed by atoms with Crippen molar-refractivity contribution in [3.63, 3.8) is 0 Å². The highest BCUT2D eigenvalue weighted by atomic mass is 16.4. The first kappa shape index (κ1) is 12.3. The van der Waals surface area contributed by atoms with E-state index in [0.29, 0.717) is 12.2 Å². The molecule has 18 heavy (non-hydrogen) atoms. The van der Waals surface area contributed by atoms with Crippen LogP contribution in [-0.2, 0) is 20.0 Å². The zero-order valence-electron chi connectivity index (χ0n) is 10.6. The molecule has 2 heterocycles. The standard InChI is InChI=1S/C11H15N5O2/c1-4-8-5-9(15(3)13-8)6-16-7(2)10(11(17)18)12-14-16/h5H,4,6H2,1-3H3,(H,17,18). The molecule has 0 atom stereocenters. The molecule has 0 amide bonds. The molecule has 0 aliphatic heterocycles. The predicted molar refractivity (Wildman–Crippen MR) is 63.4 cm³/mol. The third-order valence-corrected chi connectivity index (χ3v) is 2.89. The Morgan fingerprint density at radius 1 is 1.50 bits per heavy atom. The maximum absolute atomic E-state index is 10.9. The zero-order chi connectivity index (χ0) is 13.3. The number of carbonyl (C=O) groups is 1. The van der Waals surface area contributed by atoms with Crippen molar-refractivity contribution in [2.45, 2.75) is 26.8 Å². The van der Waals surface area contributed by atoms with Crippen molar-refractivity contribution < 1.29 is 9.90 Å². The lowest BCUT2D eigenvalue weighted by molar-refractivity contribution is 0.0689. The number of nitrogens with zero attached hydrogens (tertiary/aromatic N) is 5. The van der Waals surface area contributed by atoms with Gasteiger partial charge in [-0.1, -0.05) is 12.1 Å². The topological polar surface area (TPSA) is 85.8 Å². The second-order valence-electron chi connectivity index (χ2n) is 4.09. The quantitative estimate of drug-likeness (QED) is 0.858. The first-order chi connectivity index (χ1) is 8.52. The summed E-state index contributed by atoms with van der Waals surface area (Å²) in [6.45, 7) is 4.20. The van der Waals surface area contributed by atoms with Gasteiger partial charge in [0.05, 0.1) is 23.6 Å². The van der Waals surface area contributed by atoms with E-state index >= 15 is 0 Å². The van der Waals surface area contributed by atoms with E-state index in [-0.39, 0.29) is 5.69 Å². The Hall–Kier alpha value is -2.18. The minimum Gasteiger partial charge on any atom is -0.476 e. The highest BCUT2D eigenvalue weighted by Crippen LogP contribution is 2.09. The zero-order valence-corrected chi connectivity index (χ0v) is 10.6. The van der Waals surface area contributed by atoms with Crippen molar-refractivity contribution in [2.75, 3.05) is 0 Å². The maximum Gasteiger partial charge on any atom is 0.358 e. The van der Waals surface area contributed by atoms with Crippen molar-refractivity contribution in [1.82, 2.24) is 24.8 Å². The molecule has 0 aliphatic carbocycles. The van der Waals surface area contributed by atoms with Gasteiger partial charge in [-0.05, 0) is 19.4 Å². The van der Waals surface area contributed by atoms with Crippen molar-refractivity contribution in [1.29, 1.82) is 0 Å². The highest BCUT2D eigenvalue weighted by molar-refractivity contribution is 5.86. The molecule has 2 aromatic rings. The Bertz CT molecular complexity index is 584. The number of carboxylic acid groups (broad SMARTS) is 1. The maximum atomic E-state index is 10.9. The lowest BCUT2D eigenvalue weighted by Gasteiger charge is -2.03. The van der Waals surface area contributed by atoms with Gasteiger partial charge in [0.15, 0.2) is 5.69 Å². The number of carboxylic acids is 1. The molecule has 2 rings (SSSR count). The van der Waals surface area contributed by atoms with Crippen LogP contribution in [0, 0.1) is 6.92 Å². The van der Waals surface area contributed by atoms with Gasteiger partial charge in [0.1, 0.15) is 0 Å². The number of hydrogen-bond acceptors (Lipinski definition) is 4. The van der Waals surface area contributed by atoms with Crippen LogP contribution in [0.5, 0.6) is 0 Å². The number of aromatic carboxylic acids is 1. The Labute approximate surface area is 104 Å². The van der Waals surface area contributed by atoms with Gasteiger partial charge in [0, 0.05) is 7.05 Å². The molecule has 1 N–H and O–H groups in total. The summed E-state index contributed by atoms with van der Waals surface area (Å²) in [4.78, 5) is 10.9. The molecule has 0 aliphatic rings. The summed E-state index contributed by atoms with van der Waals surface area (Å²) in [6, 6.07) is 1.99. The average molecular weight is 249 g/mol. The van der Waals surface area contributed by atoms with Crippen LogP contribution in [0.4, 0.5) is 0 Å². The molecule has 0 radical (unpaired) electrons. The third-order valence-electron chi connectivity index (χ3n) is 2.89.